The van der Waals surface area contributed by atoms with Gasteiger partial charge in [-0.2, -0.15) is 0 Å². The minimum absolute atomic E-state index is 0.757. The van der Waals surface area contributed by atoms with Gasteiger partial charge in [-0.3, -0.25) is 4.98 Å². The van der Waals surface area contributed by atoms with E-state index in [9.17, 15) is 0 Å². The number of furan rings is 1. The quantitative estimate of drug-likeness (QED) is 0.849. The van der Waals surface area contributed by atoms with E-state index in [0.717, 1.165) is 23.7 Å². The standard InChI is InChI=1S/C13H14N2O/c1-11-13(7-3-8-14-11)15-9-2-5-12-6-4-10-16-12/h2-8,10,15H,9H2,1H3/b5-2+. The molecule has 0 aliphatic rings. The molecule has 0 fully saturated rings. The Hall–Kier alpha value is -2.03. The SMILES string of the molecule is Cc1ncccc1NC/C=C/c1ccco1. The minimum atomic E-state index is 0.757. The molecule has 0 spiro atoms. The lowest BCUT2D eigenvalue weighted by molar-refractivity contribution is 0.557. The Morgan fingerprint density at radius 3 is 3.06 bits per heavy atom. The number of aryl methyl sites for hydroxylation is 1. The lowest BCUT2D eigenvalue weighted by atomic mass is 10.3. The summed E-state index contributed by atoms with van der Waals surface area (Å²) in [6.45, 7) is 2.74. The first kappa shape index (κ1) is 10.5. The summed E-state index contributed by atoms with van der Waals surface area (Å²) in [5.41, 5.74) is 2.07. The van der Waals surface area contributed by atoms with Crippen LogP contribution < -0.4 is 5.32 Å². The Morgan fingerprint density at radius 2 is 2.31 bits per heavy atom. The Balaban J connectivity index is 1.87. The van der Waals surface area contributed by atoms with E-state index in [1.54, 1.807) is 12.5 Å². The van der Waals surface area contributed by atoms with Gasteiger partial charge in [-0.15, -0.1) is 0 Å². The maximum Gasteiger partial charge on any atom is 0.126 e. The first-order valence-corrected chi connectivity index (χ1v) is 5.22. The van der Waals surface area contributed by atoms with Crippen LogP contribution in [-0.4, -0.2) is 11.5 Å². The topological polar surface area (TPSA) is 38.1 Å². The molecule has 0 aromatic carbocycles. The summed E-state index contributed by atoms with van der Waals surface area (Å²) in [6.07, 6.45) is 7.42. The van der Waals surface area contributed by atoms with Crippen LogP contribution in [0.25, 0.3) is 6.08 Å². The first-order valence-electron chi connectivity index (χ1n) is 5.22. The molecule has 0 bridgehead atoms. The van der Waals surface area contributed by atoms with Gasteiger partial charge in [0.1, 0.15) is 5.76 Å². The molecular weight excluding hydrogens is 200 g/mol. The summed E-state index contributed by atoms with van der Waals surface area (Å²) in [5.74, 6) is 0.865. The molecule has 2 heterocycles. The van der Waals surface area contributed by atoms with Crippen LogP contribution in [0.15, 0.2) is 47.2 Å². The number of nitrogens with one attached hydrogen (secondary N) is 1. The molecule has 0 unspecified atom stereocenters. The molecule has 2 rings (SSSR count). The normalized spacial score (nSPS) is 10.8. The third kappa shape index (κ3) is 2.73. The summed E-state index contributed by atoms with van der Waals surface area (Å²) >= 11 is 0. The van der Waals surface area contributed by atoms with Gasteiger partial charge < -0.3 is 9.73 Å². The zero-order valence-electron chi connectivity index (χ0n) is 9.18. The molecule has 2 aromatic heterocycles. The van der Waals surface area contributed by atoms with Crippen LogP contribution in [0.2, 0.25) is 0 Å². The molecule has 3 nitrogen and oxygen atoms in total. The van der Waals surface area contributed by atoms with Gasteiger partial charge in [-0.1, -0.05) is 6.08 Å². The van der Waals surface area contributed by atoms with E-state index in [2.05, 4.69) is 10.3 Å². The average molecular weight is 214 g/mol. The maximum atomic E-state index is 5.18. The van der Waals surface area contributed by atoms with Crippen molar-refractivity contribution in [2.24, 2.45) is 0 Å². The second-order valence-electron chi connectivity index (χ2n) is 3.44. The Kier molecular flexibility index (Phi) is 3.38. The van der Waals surface area contributed by atoms with Crippen LogP contribution in [0.5, 0.6) is 0 Å². The predicted molar refractivity (Wildman–Crippen MR) is 65.2 cm³/mol. The summed E-state index contributed by atoms with van der Waals surface area (Å²) in [7, 11) is 0. The number of aromatic nitrogens is 1. The molecule has 82 valence electrons. The van der Waals surface area contributed by atoms with Crippen LogP contribution in [0, 0.1) is 6.92 Å². The molecule has 0 atom stereocenters. The molecule has 0 aliphatic carbocycles. The highest BCUT2D eigenvalue weighted by Crippen LogP contribution is 2.09. The highest BCUT2D eigenvalue weighted by atomic mass is 16.3. The van der Waals surface area contributed by atoms with Gasteiger partial charge in [0.15, 0.2) is 0 Å². The minimum Gasteiger partial charge on any atom is -0.465 e. The van der Waals surface area contributed by atoms with Crippen molar-refractivity contribution in [2.75, 3.05) is 11.9 Å². The van der Waals surface area contributed by atoms with Crippen molar-refractivity contribution in [2.45, 2.75) is 6.92 Å². The van der Waals surface area contributed by atoms with Gasteiger partial charge in [-0.05, 0) is 37.3 Å². The zero-order chi connectivity index (χ0) is 11.2. The molecule has 0 saturated heterocycles. The van der Waals surface area contributed by atoms with Gasteiger partial charge in [0.05, 0.1) is 17.6 Å². The molecule has 1 N–H and O–H groups in total. The summed E-state index contributed by atoms with van der Waals surface area (Å²) in [4.78, 5) is 4.20. The number of pyridine rings is 1. The Labute approximate surface area is 94.8 Å². The number of anilines is 1. The molecule has 3 heteroatoms. The number of hydrogen-bond donors (Lipinski definition) is 1. The van der Waals surface area contributed by atoms with Crippen LogP contribution >= 0.6 is 0 Å². The third-order valence-corrected chi connectivity index (χ3v) is 2.24. The van der Waals surface area contributed by atoms with Crippen LogP contribution in [0.3, 0.4) is 0 Å². The predicted octanol–water partition coefficient (Wildman–Crippen LogP) is 3.11. The van der Waals surface area contributed by atoms with E-state index < -0.39 is 0 Å². The van der Waals surface area contributed by atoms with E-state index in [1.807, 2.05) is 43.3 Å². The first-order chi connectivity index (χ1) is 7.86. The van der Waals surface area contributed by atoms with Gasteiger partial charge in [0, 0.05) is 12.7 Å². The fourth-order valence-corrected chi connectivity index (χ4v) is 1.40. The summed E-state index contributed by atoms with van der Waals surface area (Å²) < 4.78 is 5.18. The zero-order valence-corrected chi connectivity index (χ0v) is 9.18. The van der Waals surface area contributed by atoms with Crippen molar-refractivity contribution >= 4 is 11.8 Å². The fourth-order valence-electron chi connectivity index (χ4n) is 1.40. The largest absolute Gasteiger partial charge is 0.465 e. The van der Waals surface area contributed by atoms with Crippen LogP contribution in [0.1, 0.15) is 11.5 Å². The molecule has 0 aliphatic heterocycles. The lowest BCUT2D eigenvalue weighted by Gasteiger charge is -2.04. The van der Waals surface area contributed by atoms with Crippen molar-refractivity contribution in [3.63, 3.8) is 0 Å². The maximum absolute atomic E-state index is 5.18. The summed E-state index contributed by atoms with van der Waals surface area (Å²) in [5, 5.41) is 3.28. The molecular formula is C13H14N2O. The average Bonchev–Trinajstić information content (AvgIpc) is 2.79. The Bertz CT molecular complexity index is 461. The molecule has 0 amide bonds. The highest BCUT2D eigenvalue weighted by molar-refractivity contribution is 5.49. The summed E-state index contributed by atoms with van der Waals surface area (Å²) in [6, 6.07) is 7.73. The molecule has 2 aromatic rings. The molecule has 0 saturated carbocycles. The van der Waals surface area contributed by atoms with Gasteiger partial charge in [0.25, 0.3) is 0 Å². The van der Waals surface area contributed by atoms with E-state index in [4.69, 9.17) is 4.42 Å². The van der Waals surface area contributed by atoms with Gasteiger partial charge >= 0.3 is 0 Å². The smallest absolute Gasteiger partial charge is 0.126 e. The van der Waals surface area contributed by atoms with Gasteiger partial charge in [-0.25, -0.2) is 0 Å². The Morgan fingerprint density at radius 1 is 1.38 bits per heavy atom. The van der Waals surface area contributed by atoms with Crippen molar-refractivity contribution in [1.82, 2.24) is 4.98 Å². The third-order valence-electron chi connectivity index (χ3n) is 2.24. The van der Waals surface area contributed by atoms with E-state index in [0.29, 0.717) is 0 Å². The van der Waals surface area contributed by atoms with E-state index in [1.165, 1.54) is 0 Å². The number of nitrogens with zero attached hydrogens (tertiary/aromatic N) is 1. The van der Waals surface area contributed by atoms with Crippen molar-refractivity contribution in [3.05, 3.63) is 54.3 Å². The highest BCUT2D eigenvalue weighted by Gasteiger charge is 1.94. The van der Waals surface area contributed by atoms with Gasteiger partial charge in [0.2, 0.25) is 0 Å². The number of hydrogen-bond acceptors (Lipinski definition) is 3. The van der Waals surface area contributed by atoms with Crippen LogP contribution in [-0.2, 0) is 0 Å². The van der Waals surface area contributed by atoms with E-state index >= 15 is 0 Å². The fraction of sp³-hybridized carbons (Fsp3) is 0.154. The molecule has 0 radical (unpaired) electrons. The van der Waals surface area contributed by atoms with E-state index in [-0.39, 0.29) is 0 Å². The second kappa shape index (κ2) is 5.16. The van der Waals surface area contributed by atoms with Crippen molar-refractivity contribution in [1.29, 1.82) is 0 Å². The van der Waals surface area contributed by atoms with Crippen LogP contribution in [0.4, 0.5) is 5.69 Å². The van der Waals surface area contributed by atoms with Crippen molar-refractivity contribution in [3.8, 4) is 0 Å². The number of rotatable bonds is 4. The monoisotopic (exact) mass is 214 g/mol. The second-order valence-corrected chi connectivity index (χ2v) is 3.44. The lowest BCUT2D eigenvalue weighted by Crippen LogP contribution is -2.00. The van der Waals surface area contributed by atoms with Crippen molar-refractivity contribution < 1.29 is 4.42 Å². The molecule has 16 heavy (non-hydrogen) atoms.